The molecule has 1 N–H and O–H groups in total. The minimum atomic E-state index is 0.203. The lowest BCUT2D eigenvalue weighted by molar-refractivity contribution is 0.242. The molecule has 1 aromatic carbocycles. The van der Waals surface area contributed by atoms with E-state index in [4.69, 9.17) is 9.84 Å². The van der Waals surface area contributed by atoms with Gasteiger partial charge in [0.1, 0.15) is 5.75 Å². The van der Waals surface area contributed by atoms with E-state index in [-0.39, 0.29) is 18.0 Å². The number of benzene rings is 1. The summed E-state index contributed by atoms with van der Waals surface area (Å²) in [5, 5.41) is 9.16. The van der Waals surface area contributed by atoms with Gasteiger partial charge in [-0.1, -0.05) is 6.92 Å². The maximum absolute atomic E-state index is 8.92. The van der Waals surface area contributed by atoms with Crippen LogP contribution in [0.4, 0.5) is 0 Å². The zero-order valence-electron chi connectivity index (χ0n) is 9.43. The third kappa shape index (κ3) is 4.58. The van der Waals surface area contributed by atoms with E-state index < -0.39 is 0 Å². The Morgan fingerprint density at radius 1 is 1.20 bits per heavy atom. The molecule has 0 saturated heterocycles. The second-order valence-corrected chi connectivity index (χ2v) is 5.26. The van der Waals surface area contributed by atoms with E-state index in [0.717, 1.165) is 10.6 Å². The molecule has 0 fully saturated rings. The fourth-order valence-electron chi connectivity index (χ4n) is 1.14. The molecular formula is C12H18O2S. The van der Waals surface area contributed by atoms with Crippen LogP contribution in [0.15, 0.2) is 29.2 Å². The number of aliphatic hydroxyl groups is 1. The fraction of sp³-hybridized carbons (Fsp3) is 0.500. The van der Waals surface area contributed by atoms with E-state index in [1.54, 1.807) is 11.8 Å². The van der Waals surface area contributed by atoms with E-state index in [2.05, 4.69) is 0 Å². The molecule has 0 bridgehead atoms. The molecule has 15 heavy (non-hydrogen) atoms. The lowest BCUT2D eigenvalue weighted by Gasteiger charge is -2.11. The molecule has 0 heterocycles. The third-order valence-electron chi connectivity index (χ3n) is 1.79. The number of hydrogen-bond acceptors (Lipinski definition) is 3. The Hall–Kier alpha value is -0.670. The smallest absolute Gasteiger partial charge is 0.119 e. The molecule has 2 nitrogen and oxygen atoms in total. The highest BCUT2D eigenvalue weighted by Gasteiger charge is 2.03. The Bertz CT molecular complexity index is 282. The van der Waals surface area contributed by atoms with Crippen molar-refractivity contribution in [3.63, 3.8) is 0 Å². The molecule has 3 heteroatoms. The monoisotopic (exact) mass is 226 g/mol. The maximum Gasteiger partial charge on any atom is 0.119 e. The van der Waals surface area contributed by atoms with Gasteiger partial charge in [0, 0.05) is 10.1 Å². The second kappa shape index (κ2) is 6.03. The second-order valence-electron chi connectivity index (χ2n) is 3.75. The number of ether oxygens (including phenoxy) is 1. The average molecular weight is 226 g/mol. The summed E-state index contributed by atoms with van der Waals surface area (Å²) in [6.45, 7) is 6.23. The van der Waals surface area contributed by atoms with Gasteiger partial charge >= 0.3 is 0 Å². The zero-order chi connectivity index (χ0) is 11.3. The summed E-state index contributed by atoms with van der Waals surface area (Å²) in [4.78, 5) is 1.16. The van der Waals surface area contributed by atoms with Crippen molar-refractivity contribution in [1.82, 2.24) is 0 Å². The molecule has 1 atom stereocenters. The van der Waals surface area contributed by atoms with Crippen molar-refractivity contribution >= 4 is 11.8 Å². The summed E-state index contributed by atoms with van der Waals surface area (Å²) < 4.78 is 5.54. The Morgan fingerprint density at radius 2 is 1.80 bits per heavy atom. The van der Waals surface area contributed by atoms with Gasteiger partial charge in [-0.05, 0) is 38.1 Å². The first kappa shape index (κ1) is 12.4. The van der Waals surface area contributed by atoms with Crippen molar-refractivity contribution < 1.29 is 9.84 Å². The molecule has 1 aromatic rings. The fourth-order valence-corrected chi connectivity index (χ4v) is 1.97. The predicted molar refractivity (Wildman–Crippen MR) is 64.6 cm³/mol. The summed E-state index contributed by atoms with van der Waals surface area (Å²) >= 11 is 1.67. The van der Waals surface area contributed by atoms with Crippen LogP contribution in [-0.4, -0.2) is 23.1 Å². The van der Waals surface area contributed by atoms with Crippen LogP contribution in [0, 0.1) is 0 Å². The lowest BCUT2D eigenvalue weighted by atomic mass is 10.3. The van der Waals surface area contributed by atoms with Gasteiger partial charge in [0.25, 0.3) is 0 Å². The number of aliphatic hydroxyl groups excluding tert-OH is 1. The van der Waals surface area contributed by atoms with Crippen molar-refractivity contribution in [3.8, 4) is 5.75 Å². The predicted octanol–water partition coefficient (Wildman–Crippen LogP) is 2.95. The van der Waals surface area contributed by atoms with Gasteiger partial charge in [0.15, 0.2) is 0 Å². The van der Waals surface area contributed by atoms with Crippen LogP contribution in [0.2, 0.25) is 0 Å². The van der Waals surface area contributed by atoms with Crippen molar-refractivity contribution in [1.29, 1.82) is 0 Å². The minimum Gasteiger partial charge on any atom is -0.491 e. The molecule has 0 aliphatic carbocycles. The maximum atomic E-state index is 8.92. The van der Waals surface area contributed by atoms with Gasteiger partial charge in [0.05, 0.1) is 12.7 Å². The molecule has 0 amide bonds. The third-order valence-corrected chi connectivity index (χ3v) is 2.89. The Morgan fingerprint density at radius 3 is 2.27 bits per heavy atom. The summed E-state index contributed by atoms with van der Waals surface area (Å²) in [6, 6.07) is 7.97. The van der Waals surface area contributed by atoms with Gasteiger partial charge < -0.3 is 9.84 Å². The first-order valence-electron chi connectivity index (χ1n) is 5.16. The average Bonchev–Trinajstić information content (AvgIpc) is 2.20. The van der Waals surface area contributed by atoms with Crippen LogP contribution in [-0.2, 0) is 0 Å². The van der Waals surface area contributed by atoms with E-state index in [1.165, 1.54) is 0 Å². The highest BCUT2D eigenvalue weighted by atomic mass is 32.2. The van der Waals surface area contributed by atoms with E-state index in [9.17, 15) is 0 Å². The summed E-state index contributed by atoms with van der Waals surface area (Å²) in [6.07, 6.45) is 0.208. The Labute approximate surface area is 95.7 Å². The van der Waals surface area contributed by atoms with E-state index >= 15 is 0 Å². The quantitative estimate of drug-likeness (QED) is 0.783. The van der Waals surface area contributed by atoms with Gasteiger partial charge in [0.2, 0.25) is 0 Å². The molecule has 84 valence electrons. The van der Waals surface area contributed by atoms with Gasteiger partial charge in [-0.25, -0.2) is 0 Å². The molecule has 0 radical (unpaired) electrons. The van der Waals surface area contributed by atoms with Crippen LogP contribution >= 0.6 is 11.8 Å². The van der Waals surface area contributed by atoms with Crippen molar-refractivity contribution in [2.75, 3.05) is 6.61 Å². The number of thioether (sulfide) groups is 1. The van der Waals surface area contributed by atoms with Crippen LogP contribution in [0.25, 0.3) is 0 Å². The summed E-state index contributed by atoms with van der Waals surface area (Å²) in [7, 11) is 0. The highest BCUT2D eigenvalue weighted by molar-refractivity contribution is 8.00. The largest absolute Gasteiger partial charge is 0.491 e. The molecule has 0 aliphatic heterocycles. The SMILES string of the molecule is CC(C)Oc1ccc(SC(C)CO)cc1. The molecule has 0 aromatic heterocycles. The number of rotatable bonds is 5. The Kier molecular flexibility index (Phi) is 4.99. The zero-order valence-corrected chi connectivity index (χ0v) is 10.3. The van der Waals surface area contributed by atoms with Crippen molar-refractivity contribution in [2.24, 2.45) is 0 Å². The van der Waals surface area contributed by atoms with Crippen LogP contribution < -0.4 is 4.74 Å². The van der Waals surface area contributed by atoms with Crippen molar-refractivity contribution in [2.45, 2.75) is 37.0 Å². The molecule has 0 aliphatic rings. The lowest BCUT2D eigenvalue weighted by Crippen LogP contribution is -2.05. The normalized spacial score (nSPS) is 12.9. The molecule has 1 unspecified atom stereocenters. The number of hydrogen-bond donors (Lipinski definition) is 1. The van der Waals surface area contributed by atoms with Gasteiger partial charge in [-0.15, -0.1) is 11.8 Å². The summed E-state index contributed by atoms with van der Waals surface area (Å²) in [5.74, 6) is 0.894. The Balaban J connectivity index is 2.56. The molecular weight excluding hydrogens is 208 g/mol. The van der Waals surface area contributed by atoms with Crippen molar-refractivity contribution in [3.05, 3.63) is 24.3 Å². The topological polar surface area (TPSA) is 29.5 Å². The molecule has 0 saturated carbocycles. The van der Waals surface area contributed by atoms with E-state index in [1.807, 2.05) is 45.0 Å². The van der Waals surface area contributed by atoms with Gasteiger partial charge in [-0.3, -0.25) is 0 Å². The summed E-state index contributed by atoms with van der Waals surface area (Å²) in [5.41, 5.74) is 0. The first-order valence-corrected chi connectivity index (χ1v) is 6.04. The highest BCUT2D eigenvalue weighted by Crippen LogP contribution is 2.25. The molecule has 1 rings (SSSR count). The molecule has 0 spiro atoms. The van der Waals surface area contributed by atoms with Crippen LogP contribution in [0.3, 0.4) is 0 Å². The van der Waals surface area contributed by atoms with Crippen LogP contribution in [0.5, 0.6) is 5.75 Å². The first-order chi connectivity index (χ1) is 7.11. The van der Waals surface area contributed by atoms with E-state index in [0.29, 0.717) is 0 Å². The van der Waals surface area contributed by atoms with Crippen LogP contribution in [0.1, 0.15) is 20.8 Å². The van der Waals surface area contributed by atoms with Gasteiger partial charge in [-0.2, -0.15) is 0 Å². The minimum absolute atomic E-state index is 0.203. The standard InChI is InChI=1S/C12H18O2S/c1-9(2)14-11-4-6-12(7-5-11)15-10(3)8-13/h4-7,9-10,13H,8H2,1-3H3.